The number of amides is 1. The molecule has 6 heteroatoms. The fraction of sp³-hybridized carbons (Fsp3) is 0.0526. The van der Waals surface area contributed by atoms with Crippen molar-refractivity contribution in [2.24, 2.45) is 5.10 Å². The number of carbonyl (C=O) groups excluding carboxylic acids is 1. The van der Waals surface area contributed by atoms with Crippen LogP contribution in [0.5, 0.6) is 11.5 Å². The Balaban J connectivity index is 1.64. The van der Waals surface area contributed by atoms with E-state index in [1.54, 1.807) is 43.5 Å². The van der Waals surface area contributed by atoms with Crippen LogP contribution in [0.4, 0.5) is 0 Å². The summed E-state index contributed by atoms with van der Waals surface area (Å²) >= 11 is 5.86. The summed E-state index contributed by atoms with van der Waals surface area (Å²) in [6.45, 7) is 1.72. The Hall–Kier alpha value is -3.05. The van der Waals surface area contributed by atoms with Crippen LogP contribution >= 0.6 is 11.6 Å². The summed E-state index contributed by atoms with van der Waals surface area (Å²) in [7, 11) is 0. The van der Waals surface area contributed by atoms with Crippen molar-refractivity contribution in [2.75, 3.05) is 0 Å². The molecular weight excluding hydrogens is 340 g/mol. The molecule has 0 saturated heterocycles. The van der Waals surface area contributed by atoms with E-state index in [0.29, 0.717) is 27.8 Å². The van der Waals surface area contributed by atoms with E-state index in [9.17, 15) is 4.79 Å². The van der Waals surface area contributed by atoms with E-state index in [1.165, 1.54) is 6.26 Å². The van der Waals surface area contributed by atoms with E-state index in [4.69, 9.17) is 20.8 Å². The monoisotopic (exact) mass is 354 g/mol. The number of hydrogen-bond acceptors (Lipinski definition) is 4. The Morgan fingerprint density at radius 3 is 2.68 bits per heavy atom. The molecule has 0 unspecified atom stereocenters. The number of aryl methyl sites for hydroxylation is 1. The Morgan fingerprint density at radius 2 is 1.96 bits per heavy atom. The van der Waals surface area contributed by atoms with E-state index < -0.39 is 0 Å². The molecule has 3 rings (SSSR count). The van der Waals surface area contributed by atoms with Gasteiger partial charge in [0.15, 0.2) is 0 Å². The summed E-state index contributed by atoms with van der Waals surface area (Å²) in [5, 5.41) is 4.61. The number of rotatable bonds is 5. The molecule has 0 saturated carbocycles. The van der Waals surface area contributed by atoms with Gasteiger partial charge < -0.3 is 9.15 Å². The van der Waals surface area contributed by atoms with E-state index in [-0.39, 0.29) is 5.91 Å². The molecule has 1 amide bonds. The second-order valence-corrected chi connectivity index (χ2v) is 5.65. The van der Waals surface area contributed by atoms with Crippen molar-refractivity contribution in [2.45, 2.75) is 6.92 Å². The molecule has 0 fully saturated rings. The van der Waals surface area contributed by atoms with Gasteiger partial charge in [0.05, 0.1) is 18.0 Å². The van der Waals surface area contributed by atoms with Crippen molar-refractivity contribution in [1.29, 1.82) is 0 Å². The number of hydrazone groups is 1. The second kappa shape index (κ2) is 7.68. The summed E-state index contributed by atoms with van der Waals surface area (Å²) < 4.78 is 10.8. The van der Waals surface area contributed by atoms with Gasteiger partial charge in [-0.3, -0.25) is 4.79 Å². The SMILES string of the molecule is Cc1occc1C(=O)N/N=C\c1cccc(Oc2ccc(Cl)cc2)c1. The van der Waals surface area contributed by atoms with Crippen LogP contribution in [0.2, 0.25) is 5.02 Å². The van der Waals surface area contributed by atoms with Gasteiger partial charge in [-0.1, -0.05) is 23.7 Å². The molecule has 0 aliphatic carbocycles. The first-order chi connectivity index (χ1) is 12.1. The Morgan fingerprint density at radius 1 is 1.16 bits per heavy atom. The second-order valence-electron chi connectivity index (χ2n) is 5.22. The lowest BCUT2D eigenvalue weighted by molar-refractivity contribution is 0.0953. The summed E-state index contributed by atoms with van der Waals surface area (Å²) in [5.41, 5.74) is 3.71. The molecule has 1 heterocycles. The first kappa shape index (κ1) is 16.8. The molecule has 1 N–H and O–H groups in total. The molecule has 0 bridgehead atoms. The summed E-state index contributed by atoms with van der Waals surface area (Å²) in [6.07, 6.45) is 3.01. The third-order valence-electron chi connectivity index (χ3n) is 3.39. The quantitative estimate of drug-likeness (QED) is 0.529. The zero-order valence-electron chi connectivity index (χ0n) is 13.4. The molecule has 0 atom stereocenters. The molecule has 0 aliphatic heterocycles. The maximum atomic E-state index is 11.9. The van der Waals surface area contributed by atoms with Gasteiger partial charge in [0.1, 0.15) is 17.3 Å². The summed E-state index contributed by atoms with van der Waals surface area (Å²) in [6, 6.07) is 16.0. The number of ether oxygens (including phenoxy) is 1. The van der Waals surface area contributed by atoms with Crippen LogP contribution in [0.15, 0.2) is 70.4 Å². The van der Waals surface area contributed by atoms with E-state index in [0.717, 1.165) is 5.56 Å². The molecule has 0 aliphatic rings. The summed E-state index contributed by atoms with van der Waals surface area (Å²) in [4.78, 5) is 11.9. The predicted octanol–water partition coefficient (Wildman–Crippen LogP) is 4.80. The number of carbonyl (C=O) groups is 1. The van der Waals surface area contributed by atoms with Gasteiger partial charge >= 0.3 is 0 Å². The Bertz CT molecular complexity index is 901. The highest BCUT2D eigenvalue weighted by Gasteiger charge is 2.09. The first-order valence-electron chi connectivity index (χ1n) is 7.53. The van der Waals surface area contributed by atoms with E-state index >= 15 is 0 Å². The van der Waals surface area contributed by atoms with Crippen LogP contribution in [-0.4, -0.2) is 12.1 Å². The molecule has 5 nitrogen and oxygen atoms in total. The number of halogens is 1. The van der Waals surface area contributed by atoms with E-state index in [1.807, 2.05) is 24.3 Å². The zero-order valence-corrected chi connectivity index (χ0v) is 14.2. The van der Waals surface area contributed by atoms with Crippen LogP contribution in [0.1, 0.15) is 21.7 Å². The van der Waals surface area contributed by atoms with Crippen LogP contribution in [0, 0.1) is 6.92 Å². The van der Waals surface area contributed by atoms with Gasteiger partial charge in [0, 0.05) is 5.02 Å². The lowest BCUT2D eigenvalue weighted by Gasteiger charge is -2.06. The zero-order chi connectivity index (χ0) is 17.6. The summed E-state index contributed by atoms with van der Waals surface area (Å²) in [5.74, 6) is 1.56. The number of nitrogens with zero attached hydrogens (tertiary/aromatic N) is 1. The molecule has 126 valence electrons. The van der Waals surface area contributed by atoms with Crippen LogP contribution in [0.25, 0.3) is 0 Å². The van der Waals surface area contributed by atoms with Crippen molar-refractivity contribution < 1.29 is 13.9 Å². The topological polar surface area (TPSA) is 63.8 Å². The van der Waals surface area contributed by atoms with Gasteiger partial charge in [-0.15, -0.1) is 0 Å². The normalized spacial score (nSPS) is 10.8. The molecule has 2 aromatic carbocycles. The number of nitrogens with one attached hydrogen (secondary N) is 1. The Kier molecular flexibility index (Phi) is 5.16. The molecule has 1 aromatic heterocycles. The smallest absolute Gasteiger partial charge is 0.274 e. The maximum absolute atomic E-state index is 11.9. The molecule has 0 spiro atoms. The minimum Gasteiger partial charge on any atom is -0.469 e. The third kappa shape index (κ3) is 4.49. The van der Waals surface area contributed by atoms with Crippen molar-refractivity contribution >= 4 is 23.7 Å². The Labute approximate surface area is 149 Å². The van der Waals surface area contributed by atoms with E-state index in [2.05, 4.69) is 10.5 Å². The molecular formula is C19H15ClN2O3. The van der Waals surface area contributed by atoms with Crippen LogP contribution in [0.3, 0.4) is 0 Å². The highest BCUT2D eigenvalue weighted by atomic mass is 35.5. The minimum absolute atomic E-state index is 0.323. The fourth-order valence-corrected chi connectivity index (χ4v) is 2.27. The van der Waals surface area contributed by atoms with Gasteiger partial charge in [-0.2, -0.15) is 5.10 Å². The minimum atomic E-state index is -0.323. The van der Waals surface area contributed by atoms with Crippen molar-refractivity contribution in [3.8, 4) is 11.5 Å². The van der Waals surface area contributed by atoms with Gasteiger partial charge in [-0.05, 0) is 55.0 Å². The number of benzene rings is 2. The lowest BCUT2D eigenvalue weighted by Crippen LogP contribution is -2.17. The number of hydrogen-bond donors (Lipinski definition) is 1. The van der Waals surface area contributed by atoms with Crippen molar-refractivity contribution in [3.05, 3.63) is 82.8 Å². The van der Waals surface area contributed by atoms with Crippen molar-refractivity contribution in [1.82, 2.24) is 5.43 Å². The van der Waals surface area contributed by atoms with Gasteiger partial charge in [0.2, 0.25) is 0 Å². The maximum Gasteiger partial charge on any atom is 0.274 e. The number of furan rings is 1. The standard InChI is InChI=1S/C19H15ClN2O3/c1-13-18(9-10-24-13)19(23)22-21-12-14-3-2-4-17(11-14)25-16-7-5-15(20)6-8-16/h2-12H,1H3,(H,22,23)/b21-12-. The van der Waals surface area contributed by atoms with Crippen LogP contribution < -0.4 is 10.2 Å². The highest BCUT2D eigenvalue weighted by Crippen LogP contribution is 2.23. The average molecular weight is 355 g/mol. The largest absolute Gasteiger partial charge is 0.469 e. The van der Waals surface area contributed by atoms with Gasteiger partial charge in [-0.25, -0.2) is 5.43 Å². The molecule has 25 heavy (non-hydrogen) atoms. The van der Waals surface area contributed by atoms with Crippen LogP contribution in [-0.2, 0) is 0 Å². The van der Waals surface area contributed by atoms with Gasteiger partial charge in [0.25, 0.3) is 5.91 Å². The average Bonchev–Trinajstić information content (AvgIpc) is 3.03. The lowest BCUT2D eigenvalue weighted by atomic mass is 10.2. The highest BCUT2D eigenvalue weighted by molar-refractivity contribution is 6.30. The molecule has 0 radical (unpaired) electrons. The predicted molar refractivity (Wildman–Crippen MR) is 96.5 cm³/mol. The van der Waals surface area contributed by atoms with Crippen molar-refractivity contribution in [3.63, 3.8) is 0 Å². The molecule has 3 aromatic rings. The first-order valence-corrected chi connectivity index (χ1v) is 7.90. The fourth-order valence-electron chi connectivity index (χ4n) is 2.14. The third-order valence-corrected chi connectivity index (χ3v) is 3.64.